The van der Waals surface area contributed by atoms with Crippen molar-refractivity contribution < 1.29 is 14.3 Å². The van der Waals surface area contributed by atoms with Gasteiger partial charge in [-0.15, -0.1) is 5.10 Å². The van der Waals surface area contributed by atoms with Gasteiger partial charge < -0.3 is 14.5 Å². The Bertz CT molecular complexity index is 763. The molecule has 3 aromatic rings. The number of esters is 1. The highest BCUT2D eigenvalue weighted by Crippen LogP contribution is 2.28. The molecule has 0 aliphatic heterocycles. The number of rotatable bonds is 3. The molecule has 3 rings (SSSR count). The van der Waals surface area contributed by atoms with Crippen LogP contribution in [0.15, 0.2) is 24.5 Å². The number of H-pyrrole nitrogens is 1. The smallest absolute Gasteiger partial charge is 0.356 e. The van der Waals surface area contributed by atoms with Gasteiger partial charge in [0, 0.05) is 11.5 Å². The van der Waals surface area contributed by atoms with Crippen LogP contribution in [0, 0.1) is 0 Å². The fourth-order valence-corrected chi connectivity index (χ4v) is 2.04. The largest absolute Gasteiger partial charge is 0.497 e. The van der Waals surface area contributed by atoms with Crippen molar-refractivity contribution in [3.63, 3.8) is 0 Å². The van der Waals surface area contributed by atoms with Gasteiger partial charge in [-0.25, -0.2) is 4.79 Å². The van der Waals surface area contributed by atoms with Gasteiger partial charge in [-0.05, 0) is 22.6 Å². The number of carbonyl (C=O) groups excluding carboxylic acids is 1. The first-order valence-electron chi connectivity index (χ1n) is 5.76. The summed E-state index contributed by atoms with van der Waals surface area (Å²) in [6.07, 6.45) is 1.42. The van der Waals surface area contributed by atoms with Crippen LogP contribution in [0.25, 0.3) is 16.6 Å². The van der Waals surface area contributed by atoms with Gasteiger partial charge in [0.15, 0.2) is 5.69 Å². The number of tetrazole rings is 1. The van der Waals surface area contributed by atoms with E-state index in [0.29, 0.717) is 11.4 Å². The predicted molar refractivity (Wildman–Crippen MR) is 68.9 cm³/mol. The first-order chi connectivity index (χ1) is 9.74. The molecule has 102 valence electrons. The summed E-state index contributed by atoms with van der Waals surface area (Å²) < 4.78 is 11.4. The quantitative estimate of drug-likeness (QED) is 0.713. The van der Waals surface area contributed by atoms with Crippen LogP contribution in [0.2, 0.25) is 0 Å². The number of methoxy groups -OCH3 is 2. The zero-order chi connectivity index (χ0) is 14.1. The van der Waals surface area contributed by atoms with Crippen LogP contribution < -0.4 is 4.74 Å². The van der Waals surface area contributed by atoms with Crippen molar-refractivity contribution in [2.24, 2.45) is 0 Å². The number of nitrogens with one attached hydrogen (secondary N) is 1. The van der Waals surface area contributed by atoms with Crippen LogP contribution in [0.3, 0.4) is 0 Å². The average molecular weight is 273 g/mol. The monoisotopic (exact) mass is 273 g/mol. The van der Waals surface area contributed by atoms with Crippen molar-refractivity contribution in [1.29, 1.82) is 0 Å². The second-order valence-corrected chi connectivity index (χ2v) is 4.01. The Morgan fingerprint density at radius 3 is 2.85 bits per heavy atom. The first kappa shape index (κ1) is 12.2. The highest BCUT2D eigenvalue weighted by molar-refractivity contribution is 6.02. The molecule has 1 aromatic carbocycles. The van der Waals surface area contributed by atoms with Crippen LogP contribution in [0.4, 0.5) is 0 Å². The summed E-state index contributed by atoms with van der Waals surface area (Å²) in [5.74, 6) is 0.184. The maximum absolute atomic E-state index is 11.9. The van der Waals surface area contributed by atoms with Crippen LogP contribution in [-0.2, 0) is 4.74 Å². The molecule has 8 nitrogen and oxygen atoms in total. The van der Waals surface area contributed by atoms with Gasteiger partial charge in [-0.2, -0.15) is 4.68 Å². The van der Waals surface area contributed by atoms with Gasteiger partial charge in [0.2, 0.25) is 0 Å². The lowest BCUT2D eigenvalue weighted by Gasteiger charge is -2.02. The van der Waals surface area contributed by atoms with Gasteiger partial charge in [-0.3, -0.25) is 0 Å². The molecule has 2 aromatic heterocycles. The molecule has 1 N–H and O–H groups in total. The van der Waals surface area contributed by atoms with E-state index in [0.717, 1.165) is 10.9 Å². The molecule has 0 aliphatic carbocycles. The van der Waals surface area contributed by atoms with Gasteiger partial charge >= 0.3 is 5.97 Å². The van der Waals surface area contributed by atoms with Crippen molar-refractivity contribution in [2.45, 2.75) is 0 Å². The van der Waals surface area contributed by atoms with Crippen molar-refractivity contribution in [2.75, 3.05) is 14.2 Å². The van der Waals surface area contributed by atoms with Crippen LogP contribution >= 0.6 is 0 Å². The molecular formula is C12H11N5O3. The van der Waals surface area contributed by atoms with E-state index >= 15 is 0 Å². The number of carbonyl (C=O) groups is 1. The summed E-state index contributed by atoms with van der Waals surface area (Å²) in [6, 6.07) is 5.41. The van der Waals surface area contributed by atoms with E-state index in [4.69, 9.17) is 9.47 Å². The van der Waals surface area contributed by atoms with Crippen molar-refractivity contribution in [3.05, 3.63) is 30.2 Å². The first-order valence-corrected chi connectivity index (χ1v) is 5.76. The third-order valence-electron chi connectivity index (χ3n) is 2.95. The highest BCUT2D eigenvalue weighted by Gasteiger charge is 2.21. The summed E-state index contributed by atoms with van der Waals surface area (Å²) in [5.41, 5.74) is 1.55. The molecule has 0 amide bonds. The molecule has 8 heteroatoms. The summed E-state index contributed by atoms with van der Waals surface area (Å²) in [4.78, 5) is 14.9. The number of hydrogen-bond donors (Lipinski definition) is 1. The maximum atomic E-state index is 11.9. The third kappa shape index (κ3) is 1.78. The molecule has 0 unspecified atom stereocenters. The SMILES string of the molecule is COC(=O)c1[nH]c2cc(OC)ccc2c1-n1cnnn1. The fourth-order valence-electron chi connectivity index (χ4n) is 2.04. The molecule has 0 radical (unpaired) electrons. The summed E-state index contributed by atoms with van der Waals surface area (Å²) >= 11 is 0. The number of aromatic nitrogens is 5. The molecule has 0 saturated carbocycles. The standard InChI is InChI=1S/C12H11N5O3/c1-19-7-3-4-8-9(5-7)14-10(12(18)20-2)11(8)17-6-13-15-16-17/h3-6,14H,1-2H3. The van der Waals surface area contributed by atoms with Gasteiger partial charge in [0.25, 0.3) is 0 Å². The lowest BCUT2D eigenvalue weighted by atomic mass is 10.2. The maximum Gasteiger partial charge on any atom is 0.356 e. The Balaban J connectivity index is 2.31. The number of fused-ring (bicyclic) bond motifs is 1. The van der Waals surface area contributed by atoms with Gasteiger partial charge in [-0.1, -0.05) is 0 Å². The zero-order valence-electron chi connectivity index (χ0n) is 10.8. The molecule has 0 fully saturated rings. The fraction of sp³-hybridized carbons (Fsp3) is 0.167. The Labute approximate surface area is 113 Å². The molecule has 20 heavy (non-hydrogen) atoms. The van der Waals surface area contributed by atoms with Crippen molar-refractivity contribution in [3.8, 4) is 11.4 Å². The molecule has 0 aliphatic rings. The molecule has 0 bridgehead atoms. The van der Waals surface area contributed by atoms with E-state index in [1.54, 1.807) is 19.2 Å². The van der Waals surface area contributed by atoms with E-state index in [1.807, 2.05) is 6.07 Å². The van der Waals surface area contributed by atoms with E-state index in [-0.39, 0.29) is 5.69 Å². The molecule has 0 spiro atoms. The Morgan fingerprint density at radius 1 is 1.35 bits per heavy atom. The lowest BCUT2D eigenvalue weighted by Crippen LogP contribution is -2.07. The van der Waals surface area contributed by atoms with E-state index in [2.05, 4.69) is 20.5 Å². The normalized spacial score (nSPS) is 10.7. The van der Waals surface area contributed by atoms with Crippen molar-refractivity contribution >= 4 is 16.9 Å². The average Bonchev–Trinajstić information content (AvgIpc) is 3.11. The Hall–Kier alpha value is -2.90. The molecular weight excluding hydrogens is 262 g/mol. The summed E-state index contributed by atoms with van der Waals surface area (Å²) in [6.45, 7) is 0. The van der Waals surface area contributed by atoms with Gasteiger partial charge in [0.05, 0.1) is 19.7 Å². The minimum atomic E-state index is -0.495. The van der Waals surface area contributed by atoms with E-state index in [1.165, 1.54) is 18.1 Å². The van der Waals surface area contributed by atoms with Crippen LogP contribution in [0.5, 0.6) is 5.75 Å². The summed E-state index contributed by atoms with van der Waals surface area (Å²) in [7, 11) is 2.89. The van der Waals surface area contributed by atoms with Crippen molar-refractivity contribution in [1.82, 2.24) is 25.2 Å². The lowest BCUT2D eigenvalue weighted by molar-refractivity contribution is 0.0595. The van der Waals surface area contributed by atoms with Gasteiger partial charge in [0.1, 0.15) is 17.8 Å². The number of aromatic amines is 1. The number of nitrogens with zero attached hydrogens (tertiary/aromatic N) is 4. The second-order valence-electron chi connectivity index (χ2n) is 4.01. The molecule has 2 heterocycles. The Kier molecular flexibility index (Phi) is 2.82. The minimum Gasteiger partial charge on any atom is -0.497 e. The number of benzene rings is 1. The summed E-state index contributed by atoms with van der Waals surface area (Å²) in [5, 5.41) is 11.8. The second kappa shape index (κ2) is 4.65. The Morgan fingerprint density at radius 2 is 2.20 bits per heavy atom. The van der Waals surface area contributed by atoms with Crippen LogP contribution in [-0.4, -0.2) is 45.4 Å². The topological polar surface area (TPSA) is 94.9 Å². The number of ether oxygens (including phenoxy) is 2. The van der Waals surface area contributed by atoms with E-state index < -0.39 is 5.97 Å². The van der Waals surface area contributed by atoms with E-state index in [9.17, 15) is 4.79 Å². The number of hydrogen-bond acceptors (Lipinski definition) is 6. The third-order valence-corrected chi connectivity index (χ3v) is 2.95. The predicted octanol–water partition coefficient (Wildman–Crippen LogP) is 0.939. The minimum absolute atomic E-state index is 0.281. The molecule has 0 atom stereocenters. The highest BCUT2D eigenvalue weighted by atomic mass is 16.5. The van der Waals surface area contributed by atoms with Crippen LogP contribution in [0.1, 0.15) is 10.5 Å². The zero-order valence-corrected chi connectivity index (χ0v) is 10.8. The molecule has 0 saturated heterocycles.